The van der Waals surface area contributed by atoms with Gasteiger partial charge in [-0.3, -0.25) is 0 Å². The van der Waals surface area contributed by atoms with Crippen molar-refractivity contribution in [1.29, 1.82) is 0 Å². The number of rotatable bonds is 10. The second-order valence-electron chi connectivity index (χ2n) is 12.2. The van der Waals surface area contributed by atoms with Crippen molar-refractivity contribution in [2.75, 3.05) is 48.8 Å². The van der Waals surface area contributed by atoms with Crippen LogP contribution in [0.5, 0.6) is 5.75 Å². The van der Waals surface area contributed by atoms with Crippen molar-refractivity contribution in [2.24, 2.45) is 0 Å². The minimum atomic E-state index is -4.85. The highest BCUT2D eigenvalue weighted by Gasteiger charge is 2.38. The number of ether oxygens (including phenoxy) is 3. The van der Waals surface area contributed by atoms with Gasteiger partial charge in [-0.2, -0.15) is 0 Å². The third-order valence-corrected chi connectivity index (χ3v) is 8.66. The number of hydrogen-bond acceptors (Lipinski definition) is 11. The van der Waals surface area contributed by atoms with Gasteiger partial charge in [0, 0.05) is 44.7 Å². The molecule has 0 radical (unpaired) electrons. The van der Waals surface area contributed by atoms with Gasteiger partial charge in [0.2, 0.25) is 0 Å². The summed E-state index contributed by atoms with van der Waals surface area (Å²) in [5, 5.41) is 4.24. The first-order chi connectivity index (χ1) is 21.2. The van der Waals surface area contributed by atoms with Crippen molar-refractivity contribution in [3.63, 3.8) is 0 Å². The zero-order chi connectivity index (χ0) is 34.6. The van der Waals surface area contributed by atoms with Gasteiger partial charge in [-0.15, -0.1) is 15.6 Å². The Labute approximate surface area is 278 Å². The molecule has 1 heterocycles. The number of halogens is 2. The van der Waals surface area contributed by atoms with E-state index < -0.39 is 44.1 Å². The lowest BCUT2D eigenvalue weighted by atomic mass is 10.2. The maximum absolute atomic E-state index is 15.7. The lowest BCUT2D eigenvalue weighted by molar-refractivity contribution is 0.0303. The molecular weight excluding hydrogens is 661 g/mol. The van der Waals surface area contributed by atoms with Crippen LogP contribution in [0, 0.1) is 5.82 Å². The summed E-state index contributed by atoms with van der Waals surface area (Å²) in [7, 11) is 0.0836. The van der Waals surface area contributed by atoms with Crippen LogP contribution in [-0.4, -0.2) is 76.0 Å². The molecule has 2 aromatic carbocycles. The Morgan fingerprint density at radius 1 is 0.978 bits per heavy atom. The minimum Gasteiger partial charge on any atom is -0.497 e. The first-order valence-corrected chi connectivity index (χ1v) is 16.8. The van der Waals surface area contributed by atoms with Crippen LogP contribution in [0.1, 0.15) is 41.5 Å². The number of methoxy groups -OCH3 is 1. The van der Waals surface area contributed by atoms with E-state index >= 15 is 4.39 Å². The van der Waals surface area contributed by atoms with Crippen LogP contribution in [0.4, 0.5) is 36.9 Å². The molecule has 252 valence electrons. The van der Waals surface area contributed by atoms with Gasteiger partial charge in [-0.25, -0.2) is 27.4 Å². The predicted molar refractivity (Wildman–Crippen MR) is 178 cm³/mol. The molecule has 2 amide bonds. The molecule has 1 aromatic heterocycles. The molecule has 0 fully saturated rings. The summed E-state index contributed by atoms with van der Waals surface area (Å²) in [5.74, 6) is -0.880. The molecule has 16 heteroatoms. The third-order valence-electron chi connectivity index (χ3n) is 6.09. The first-order valence-electron chi connectivity index (χ1n) is 14.0. The highest BCUT2D eigenvalue weighted by atomic mass is 35.5. The normalized spacial score (nSPS) is 11.9. The van der Waals surface area contributed by atoms with Crippen LogP contribution in [0.3, 0.4) is 0 Å². The van der Waals surface area contributed by atoms with Crippen LogP contribution in [-0.2, 0) is 19.5 Å². The largest absolute Gasteiger partial charge is 0.497 e. The number of amides is 2. The fourth-order valence-electron chi connectivity index (χ4n) is 3.90. The average Bonchev–Trinajstić information content (AvgIpc) is 3.45. The molecule has 0 bridgehead atoms. The van der Waals surface area contributed by atoms with Crippen molar-refractivity contribution < 1.29 is 36.6 Å². The molecule has 0 spiro atoms. The summed E-state index contributed by atoms with van der Waals surface area (Å²) in [5.41, 5.74) is 0.805. The number of nitrogens with zero attached hydrogens (tertiary/aromatic N) is 4. The quantitative estimate of drug-likeness (QED) is 0.233. The molecule has 0 saturated carbocycles. The molecule has 0 aliphatic rings. The number of anilines is 4. The van der Waals surface area contributed by atoms with Crippen LogP contribution < -0.4 is 19.3 Å². The van der Waals surface area contributed by atoms with Crippen LogP contribution in [0.25, 0.3) is 0 Å². The Kier molecular flexibility index (Phi) is 11.4. The van der Waals surface area contributed by atoms with Crippen LogP contribution in [0.2, 0.25) is 5.02 Å². The van der Waals surface area contributed by atoms with E-state index in [0.29, 0.717) is 34.5 Å². The smallest absolute Gasteiger partial charge is 0.430 e. The van der Waals surface area contributed by atoms with Gasteiger partial charge >= 0.3 is 12.2 Å². The van der Waals surface area contributed by atoms with E-state index in [2.05, 4.69) is 10.3 Å². The van der Waals surface area contributed by atoms with E-state index in [1.807, 2.05) is 4.90 Å². The minimum absolute atomic E-state index is 0.0567. The van der Waals surface area contributed by atoms with Crippen LogP contribution >= 0.6 is 22.9 Å². The van der Waals surface area contributed by atoms with Crippen molar-refractivity contribution in [2.45, 2.75) is 57.6 Å². The fraction of sp³-hybridized carbons (Fsp3) is 0.433. The monoisotopic (exact) mass is 699 g/mol. The highest BCUT2D eigenvalue weighted by molar-refractivity contribution is 7.93. The molecule has 0 aliphatic heterocycles. The number of likely N-dealkylation sites (N-methyl/N-ethyl adjacent to an activating group) is 2. The van der Waals surface area contributed by atoms with Gasteiger partial charge in [0.1, 0.15) is 27.7 Å². The number of carbonyl (C=O) groups excluding carboxylic acids is 2. The molecule has 0 saturated heterocycles. The van der Waals surface area contributed by atoms with Gasteiger partial charge in [-0.05, 0) is 59.7 Å². The Bertz CT molecular complexity index is 1660. The fourth-order valence-corrected chi connectivity index (χ4v) is 6.11. The lowest BCUT2D eigenvalue weighted by Crippen LogP contribution is -2.41. The Balaban J connectivity index is 1.93. The van der Waals surface area contributed by atoms with E-state index in [-0.39, 0.29) is 16.5 Å². The average molecular weight is 700 g/mol. The van der Waals surface area contributed by atoms with Crippen LogP contribution in [0.15, 0.2) is 46.1 Å². The second-order valence-corrected chi connectivity index (χ2v) is 15.1. The van der Waals surface area contributed by atoms with E-state index in [1.54, 1.807) is 73.8 Å². The third kappa shape index (κ3) is 9.36. The van der Waals surface area contributed by atoms with E-state index in [9.17, 15) is 18.0 Å². The number of carbonyl (C=O) groups is 2. The Morgan fingerprint density at radius 3 is 2.17 bits per heavy atom. The number of aromatic nitrogens is 1. The summed E-state index contributed by atoms with van der Waals surface area (Å²) < 4.78 is 59.4. The molecule has 46 heavy (non-hydrogen) atoms. The first kappa shape index (κ1) is 36.6. The van der Waals surface area contributed by atoms with Crippen molar-refractivity contribution in [1.82, 2.24) is 9.88 Å². The van der Waals surface area contributed by atoms with E-state index in [0.717, 1.165) is 23.5 Å². The number of sulfonamides is 1. The van der Waals surface area contributed by atoms with Gasteiger partial charge in [-0.1, -0.05) is 11.6 Å². The van der Waals surface area contributed by atoms with Crippen molar-refractivity contribution in [3.05, 3.63) is 52.1 Å². The summed E-state index contributed by atoms with van der Waals surface area (Å²) >= 11 is 7.56. The second kappa shape index (κ2) is 14.3. The van der Waals surface area contributed by atoms with Gasteiger partial charge in [0.25, 0.3) is 10.0 Å². The number of hydrogen-bond donors (Lipinski definition) is 1. The molecule has 0 unspecified atom stereocenters. The zero-order valence-electron chi connectivity index (χ0n) is 27.2. The number of thiazole rings is 1. The van der Waals surface area contributed by atoms with Crippen molar-refractivity contribution in [3.8, 4) is 5.75 Å². The number of nitrogens with one attached hydrogen (secondary N) is 1. The highest BCUT2D eigenvalue weighted by Crippen LogP contribution is 2.37. The predicted octanol–water partition coefficient (Wildman–Crippen LogP) is 7.12. The van der Waals surface area contributed by atoms with E-state index in [4.69, 9.17) is 25.8 Å². The lowest BCUT2D eigenvalue weighted by Gasteiger charge is -2.28. The molecule has 3 aromatic rings. The molecule has 12 nitrogen and oxygen atoms in total. The molecule has 0 atom stereocenters. The summed E-state index contributed by atoms with van der Waals surface area (Å²) in [6.45, 7) is 10.8. The van der Waals surface area contributed by atoms with Gasteiger partial charge < -0.3 is 29.3 Å². The summed E-state index contributed by atoms with van der Waals surface area (Å²) in [4.78, 5) is 31.8. The summed E-state index contributed by atoms with van der Waals surface area (Å²) in [6, 6.07) is 6.95. The zero-order valence-corrected chi connectivity index (χ0v) is 29.6. The maximum Gasteiger partial charge on any atom is 0.430 e. The Morgan fingerprint density at radius 2 is 1.61 bits per heavy atom. The Hall–Kier alpha value is -3.82. The molecule has 1 N–H and O–H groups in total. The number of benzene rings is 2. The van der Waals surface area contributed by atoms with Gasteiger partial charge in [0.05, 0.1) is 34.7 Å². The molecule has 3 rings (SSSR count). The maximum atomic E-state index is 15.7. The van der Waals surface area contributed by atoms with Gasteiger partial charge in [0.15, 0.2) is 5.82 Å². The summed E-state index contributed by atoms with van der Waals surface area (Å²) in [6.07, 6.45) is -1.72. The van der Waals surface area contributed by atoms with E-state index in [1.165, 1.54) is 22.9 Å². The molecular formula is C30H39ClFN5O7S2. The molecule has 0 aliphatic carbocycles. The topological polar surface area (TPSA) is 131 Å². The van der Waals surface area contributed by atoms with Crippen molar-refractivity contribution >= 4 is 68.0 Å². The standard InChI is InChI=1S/C30H39ClFN5O7S2/c1-29(2,3)43-27(38)36(8)13-12-35(7)24-14-19(42-9)10-11-22(24)34-23-16-21(32)25(15-20(23)31)46(40,41)37(26-17-45-18-33-26)28(39)44-30(4,5)6/h10-11,14-18,34H,12-13H2,1-9H3. The SMILES string of the molecule is COc1ccc(Nc2cc(F)c(S(=O)(=O)N(C(=O)OC(C)(C)C)c3cscn3)cc2Cl)c(N(C)CCN(C)C(=O)OC(C)(C)C)c1.